The van der Waals surface area contributed by atoms with Crippen molar-refractivity contribution < 1.29 is 5.11 Å². The molecule has 0 aromatic rings. The minimum atomic E-state index is 0.251. The third-order valence-corrected chi connectivity index (χ3v) is 4.50. The summed E-state index contributed by atoms with van der Waals surface area (Å²) < 4.78 is 0. The van der Waals surface area contributed by atoms with Crippen LogP contribution in [-0.4, -0.2) is 62.3 Å². The summed E-state index contributed by atoms with van der Waals surface area (Å²) >= 11 is 0. The molecule has 0 heterocycles. The summed E-state index contributed by atoms with van der Waals surface area (Å²) in [4.78, 5) is 7.08. The second kappa shape index (κ2) is 10.9. The Morgan fingerprint density at radius 2 is 1.96 bits per heavy atom. The van der Waals surface area contributed by atoms with Gasteiger partial charge in [0.15, 0.2) is 5.96 Å². The Kier molecular flexibility index (Phi) is 9.56. The number of aliphatic hydroxyl groups is 1. The molecular weight excluding hydrogens is 288 g/mol. The zero-order valence-electron chi connectivity index (χ0n) is 15.8. The van der Waals surface area contributed by atoms with Crippen LogP contribution in [0.1, 0.15) is 46.5 Å². The number of likely N-dealkylation sites (N-methyl/N-ethyl adjacent to an activating group) is 1. The van der Waals surface area contributed by atoms with Gasteiger partial charge in [0.25, 0.3) is 0 Å². The zero-order valence-corrected chi connectivity index (χ0v) is 15.8. The molecule has 0 bridgehead atoms. The van der Waals surface area contributed by atoms with Gasteiger partial charge < -0.3 is 20.6 Å². The van der Waals surface area contributed by atoms with Crippen molar-refractivity contribution in [3.63, 3.8) is 0 Å². The summed E-state index contributed by atoms with van der Waals surface area (Å²) in [6.45, 7) is 9.41. The van der Waals surface area contributed by atoms with Crippen LogP contribution in [0.4, 0.5) is 0 Å². The summed E-state index contributed by atoms with van der Waals surface area (Å²) in [7, 11) is 4.32. The molecule has 0 aromatic carbocycles. The standard InChI is InChI=1S/C18H38N4O/c1-6-19-18(20-12-15(9-10-23)11-14(2)3)21-13-17(22(4)5)16-7-8-16/h14-17,23H,6-13H2,1-5H3,(H2,19,20,21). The first-order valence-corrected chi connectivity index (χ1v) is 9.27. The van der Waals surface area contributed by atoms with Crippen molar-refractivity contribution in [2.24, 2.45) is 22.7 Å². The molecule has 2 unspecified atom stereocenters. The van der Waals surface area contributed by atoms with Crippen LogP contribution in [0.15, 0.2) is 4.99 Å². The van der Waals surface area contributed by atoms with Crippen molar-refractivity contribution in [2.75, 3.05) is 40.3 Å². The van der Waals surface area contributed by atoms with Crippen molar-refractivity contribution >= 4 is 5.96 Å². The Labute approximate surface area is 142 Å². The molecule has 0 aliphatic heterocycles. The SMILES string of the molecule is CCNC(=NCC(CCO)CC(C)C)NCC(C1CC1)N(C)C. The van der Waals surface area contributed by atoms with Gasteiger partial charge in [0.2, 0.25) is 0 Å². The first-order chi connectivity index (χ1) is 11.0. The Morgan fingerprint density at radius 1 is 1.26 bits per heavy atom. The fraction of sp³-hybridized carbons (Fsp3) is 0.944. The molecule has 1 fully saturated rings. The van der Waals surface area contributed by atoms with E-state index in [1.807, 2.05) is 0 Å². The van der Waals surface area contributed by atoms with Crippen LogP contribution in [0, 0.1) is 17.8 Å². The lowest BCUT2D eigenvalue weighted by Crippen LogP contribution is -2.46. The van der Waals surface area contributed by atoms with Crippen LogP contribution in [-0.2, 0) is 0 Å². The Hall–Kier alpha value is -0.810. The van der Waals surface area contributed by atoms with Crippen LogP contribution < -0.4 is 10.6 Å². The minimum Gasteiger partial charge on any atom is -0.396 e. The fourth-order valence-corrected chi connectivity index (χ4v) is 3.15. The van der Waals surface area contributed by atoms with Crippen molar-refractivity contribution in [1.82, 2.24) is 15.5 Å². The molecule has 0 radical (unpaired) electrons. The molecule has 23 heavy (non-hydrogen) atoms. The summed E-state index contributed by atoms with van der Waals surface area (Å²) in [6.07, 6.45) is 4.66. The van der Waals surface area contributed by atoms with Gasteiger partial charge in [-0.2, -0.15) is 0 Å². The lowest BCUT2D eigenvalue weighted by atomic mass is 9.94. The van der Waals surface area contributed by atoms with E-state index in [0.717, 1.165) is 44.4 Å². The lowest BCUT2D eigenvalue weighted by molar-refractivity contribution is 0.245. The maximum atomic E-state index is 9.24. The van der Waals surface area contributed by atoms with E-state index in [1.165, 1.54) is 12.8 Å². The maximum Gasteiger partial charge on any atom is 0.191 e. The predicted octanol–water partition coefficient (Wildman–Crippen LogP) is 1.93. The van der Waals surface area contributed by atoms with E-state index in [-0.39, 0.29) is 6.61 Å². The van der Waals surface area contributed by atoms with Crippen LogP contribution in [0.25, 0.3) is 0 Å². The van der Waals surface area contributed by atoms with Gasteiger partial charge in [-0.05, 0) is 64.5 Å². The Balaban J connectivity index is 2.53. The Morgan fingerprint density at radius 3 is 2.43 bits per heavy atom. The molecule has 1 aliphatic carbocycles. The zero-order chi connectivity index (χ0) is 17.2. The van der Waals surface area contributed by atoms with E-state index in [4.69, 9.17) is 4.99 Å². The summed E-state index contributed by atoms with van der Waals surface area (Å²) in [5.74, 6) is 2.85. The monoisotopic (exact) mass is 326 g/mol. The topological polar surface area (TPSA) is 59.9 Å². The highest BCUT2D eigenvalue weighted by Crippen LogP contribution is 2.34. The van der Waals surface area contributed by atoms with Gasteiger partial charge in [-0.15, -0.1) is 0 Å². The number of guanidine groups is 1. The molecule has 3 N–H and O–H groups in total. The smallest absolute Gasteiger partial charge is 0.191 e. The number of hydrogen-bond donors (Lipinski definition) is 3. The van der Waals surface area contributed by atoms with Gasteiger partial charge >= 0.3 is 0 Å². The highest BCUT2D eigenvalue weighted by atomic mass is 16.3. The number of rotatable bonds is 11. The van der Waals surface area contributed by atoms with Crippen molar-refractivity contribution in [1.29, 1.82) is 0 Å². The van der Waals surface area contributed by atoms with Crippen LogP contribution >= 0.6 is 0 Å². The van der Waals surface area contributed by atoms with Gasteiger partial charge in [0, 0.05) is 32.3 Å². The normalized spacial score (nSPS) is 18.3. The fourth-order valence-electron chi connectivity index (χ4n) is 3.15. The third-order valence-electron chi connectivity index (χ3n) is 4.50. The first kappa shape index (κ1) is 20.2. The Bertz CT molecular complexity index is 338. The predicted molar refractivity (Wildman–Crippen MR) is 98.8 cm³/mol. The number of aliphatic imine (C=N–C) groups is 1. The third kappa shape index (κ3) is 8.56. The number of hydrogen-bond acceptors (Lipinski definition) is 3. The van der Waals surface area contributed by atoms with Crippen LogP contribution in [0.5, 0.6) is 0 Å². The van der Waals surface area contributed by atoms with Crippen molar-refractivity contribution in [2.45, 2.75) is 52.5 Å². The molecule has 1 aliphatic rings. The van der Waals surface area contributed by atoms with Crippen molar-refractivity contribution in [3.05, 3.63) is 0 Å². The van der Waals surface area contributed by atoms with Gasteiger partial charge in [0.05, 0.1) is 0 Å². The molecule has 0 spiro atoms. The molecule has 1 rings (SSSR count). The van der Waals surface area contributed by atoms with Gasteiger partial charge in [-0.25, -0.2) is 0 Å². The average molecular weight is 327 g/mol. The molecule has 136 valence electrons. The van der Waals surface area contributed by atoms with Crippen LogP contribution in [0.2, 0.25) is 0 Å². The number of nitrogens with one attached hydrogen (secondary N) is 2. The molecule has 5 heteroatoms. The highest BCUT2D eigenvalue weighted by Gasteiger charge is 2.32. The first-order valence-electron chi connectivity index (χ1n) is 9.27. The van der Waals surface area contributed by atoms with Crippen molar-refractivity contribution in [3.8, 4) is 0 Å². The lowest BCUT2D eigenvalue weighted by Gasteiger charge is -2.25. The highest BCUT2D eigenvalue weighted by molar-refractivity contribution is 5.79. The second-order valence-corrected chi connectivity index (χ2v) is 7.48. The van der Waals surface area contributed by atoms with E-state index in [9.17, 15) is 5.11 Å². The van der Waals surface area contributed by atoms with E-state index in [2.05, 4.69) is 50.4 Å². The molecule has 0 amide bonds. The van der Waals surface area contributed by atoms with Gasteiger partial charge in [-0.3, -0.25) is 4.99 Å². The summed E-state index contributed by atoms with van der Waals surface area (Å²) in [5.41, 5.74) is 0. The van der Waals surface area contributed by atoms with E-state index < -0.39 is 0 Å². The molecular formula is C18H38N4O. The molecule has 0 aromatic heterocycles. The van der Waals surface area contributed by atoms with Gasteiger partial charge in [-0.1, -0.05) is 13.8 Å². The molecule has 2 atom stereocenters. The molecule has 0 saturated heterocycles. The number of aliphatic hydroxyl groups excluding tert-OH is 1. The van der Waals surface area contributed by atoms with Gasteiger partial charge in [0.1, 0.15) is 0 Å². The minimum absolute atomic E-state index is 0.251. The van der Waals surface area contributed by atoms with E-state index >= 15 is 0 Å². The largest absolute Gasteiger partial charge is 0.396 e. The molecule has 5 nitrogen and oxygen atoms in total. The quantitative estimate of drug-likeness (QED) is 0.401. The van der Waals surface area contributed by atoms with E-state index in [1.54, 1.807) is 0 Å². The average Bonchev–Trinajstić information content (AvgIpc) is 3.28. The second-order valence-electron chi connectivity index (χ2n) is 7.48. The summed E-state index contributed by atoms with van der Waals surface area (Å²) in [6, 6.07) is 0.586. The van der Waals surface area contributed by atoms with Crippen LogP contribution in [0.3, 0.4) is 0 Å². The summed E-state index contributed by atoms with van der Waals surface area (Å²) in [5, 5.41) is 16.1. The van der Waals surface area contributed by atoms with E-state index in [0.29, 0.717) is 17.9 Å². The number of nitrogens with zero attached hydrogens (tertiary/aromatic N) is 2. The molecule has 1 saturated carbocycles. The maximum absolute atomic E-state index is 9.24.